The van der Waals surface area contributed by atoms with Crippen molar-refractivity contribution in [2.24, 2.45) is 11.8 Å². The minimum Gasteiger partial charge on any atom is -0.368 e. The molecule has 1 aromatic carbocycles. The molecule has 2 rings (SSSR count). The van der Waals surface area contributed by atoms with Gasteiger partial charge in [-0.2, -0.15) is 0 Å². The Bertz CT molecular complexity index is 384. The number of hydrogen-bond acceptors (Lipinski definition) is 3. The Balaban J connectivity index is 1.96. The fourth-order valence-electron chi connectivity index (χ4n) is 2.46. The zero-order valence-electron chi connectivity index (χ0n) is 11.3. The van der Waals surface area contributed by atoms with Gasteiger partial charge in [0.2, 0.25) is 0 Å². The first kappa shape index (κ1) is 14.4. The number of hydrogen-bond donors (Lipinski definition) is 1. The first-order chi connectivity index (χ1) is 9.13. The average Bonchev–Trinajstić information content (AvgIpc) is 2.44. The lowest BCUT2D eigenvalue weighted by Crippen LogP contribution is -2.51. The van der Waals surface area contributed by atoms with E-state index in [0.717, 1.165) is 5.56 Å². The first-order valence-electron chi connectivity index (χ1n) is 6.68. The summed E-state index contributed by atoms with van der Waals surface area (Å²) >= 11 is 0. The lowest BCUT2D eigenvalue weighted by atomic mass is 9.84. The molecule has 0 amide bonds. The van der Waals surface area contributed by atoms with E-state index in [0.29, 0.717) is 6.61 Å². The molecule has 1 aliphatic rings. The third kappa shape index (κ3) is 3.32. The van der Waals surface area contributed by atoms with Crippen molar-refractivity contribution in [2.75, 3.05) is 6.67 Å². The van der Waals surface area contributed by atoms with Gasteiger partial charge in [0.05, 0.1) is 12.7 Å². The van der Waals surface area contributed by atoms with E-state index in [1.54, 1.807) is 0 Å². The molecule has 3 nitrogen and oxygen atoms in total. The Morgan fingerprint density at radius 1 is 1.21 bits per heavy atom. The Labute approximate surface area is 113 Å². The molecule has 0 saturated carbocycles. The fraction of sp³-hybridized carbons (Fsp3) is 0.600. The highest BCUT2D eigenvalue weighted by Crippen LogP contribution is 2.32. The summed E-state index contributed by atoms with van der Waals surface area (Å²) < 4.78 is 23.8. The second kappa shape index (κ2) is 6.46. The third-order valence-electron chi connectivity index (χ3n) is 3.97. The topological polar surface area (TPSA) is 38.7 Å². The van der Waals surface area contributed by atoms with E-state index in [1.165, 1.54) is 0 Å². The van der Waals surface area contributed by atoms with E-state index in [2.05, 4.69) is 0 Å². The molecule has 5 atom stereocenters. The second-order valence-corrected chi connectivity index (χ2v) is 5.20. The molecule has 0 aliphatic carbocycles. The van der Waals surface area contributed by atoms with E-state index >= 15 is 0 Å². The van der Waals surface area contributed by atoms with Crippen molar-refractivity contribution in [3.05, 3.63) is 35.9 Å². The van der Waals surface area contributed by atoms with E-state index in [-0.39, 0.29) is 11.8 Å². The third-order valence-corrected chi connectivity index (χ3v) is 3.97. The van der Waals surface area contributed by atoms with Crippen molar-refractivity contribution in [2.45, 2.75) is 39.0 Å². The second-order valence-electron chi connectivity index (χ2n) is 5.20. The van der Waals surface area contributed by atoms with E-state index < -0.39 is 25.2 Å². The molecule has 0 bridgehead atoms. The zero-order valence-corrected chi connectivity index (χ0v) is 11.3. The number of alkyl halides is 1. The van der Waals surface area contributed by atoms with Gasteiger partial charge in [0.25, 0.3) is 0 Å². The monoisotopic (exact) mass is 268 g/mol. The van der Waals surface area contributed by atoms with Crippen LogP contribution < -0.4 is 0 Å². The van der Waals surface area contributed by atoms with Crippen LogP contribution in [0.25, 0.3) is 0 Å². The predicted octanol–water partition coefficient (Wildman–Crippen LogP) is 2.53. The van der Waals surface area contributed by atoms with Crippen LogP contribution in [0, 0.1) is 11.8 Å². The maximum atomic E-state index is 12.8. The van der Waals surface area contributed by atoms with Crippen LogP contribution in [0.15, 0.2) is 30.3 Å². The van der Waals surface area contributed by atoms with Crippen LogP contribution in [0.1, 0.15) is 19.4 Å². The molecule has 3 unspecified atom stereocenters. The number of aliphatic hydroxyl groups excluding tert-OH is 1. The van der Waals surface area contributed by atoms with Crippen LogP contribution in [0.4, 0.5) is 4.39 Å². The van der Waals surface area contributed by atoms with Crippen LogP contribution in [-0.4, -0.2) is 30.3 Å². The summed E-state index contributed by atoms with van der Waals surface area (Å²) in [6.45, 7) is 3.74. The summed E-state index contributed by atoms with van der Waals surface area (Å²) in [5.74, 6) is 0.0717. The fourth-order valence-corrected chi connectivity index (χ4v) is 2.46. The summed E-state index contributed by atoms with van der Waals surface area (Å²) in [6, 6.07) is 9.76. The molecule has 0 radical (unpaired) electrons. The summed E-state index contributed by atoms with van der Waals surface area (Å²) in [5.41, 5.74) is 1.04. The minimum absolute atomic E-state index is 0.0224. The highest BCUT2D eigenvalue weighted by Gasteiger charge is 2.41. The van der Waals surface area contributed by atoms with E-state index in [4.69, 9.17) is 9.47 Å². The van der Waals surface area contributed by atoms with Crippen LogP contribution in [0.2, 0.25) is 0 Å². The van der Waals surface area contributed by atoms with E-state index in [1.807, 2.05) is 44.2 Å². The van der Waals surface area contributed by atoms with Crippen molar-refractivity contribution in [1.82, 2.24) is 0 Å². The van der Waals surface area contributed by atoms with Crippen LogP contribution >= 0.6 is 0 Å². The molecule has 1 saturated heterocycles. The van der Waals surface area contributed by atoms with Gasteiger partial charge in [-0.15, -0.1) is 0 Å². The van der Waals surface area contributed by atoms with Gasteiger partial charge in [-0.1, -0.05) is 44.2 Å². The Hall–Kier alpha value is -0.970. The molecule has 1 heterocycles. The van der Waals surface area contributed by atoms with Crippen molar-refractivity contribution < 1.29 is 19.0 Å². The highest BCUT2D eigenvalue weighted by molar-refractivity contribution is 5.13. The van der Waals surface area contributed by atoms with Gasteiger partial charge in [-0.3, -0.25) is 0 Å². The number of benzene rings is 1. The van der Waals surface area contributed by atoms with Gasteiger partial charge >= 0.3 is 0 Å². The molecule has 4 heteroatoms. The molecule has 0 spiro atoms. The zero-order chi connectivity index (χ0) is 13.8. The van der Waals surface area contributed by atoms with Gasteiger partial charge in [-0.25, -0.2) is 4.39 Å². The SMILES string of the molecule is C[C@@H]1C(CF)OC(O)C(OCc2ccccc2)[C@H]1C. The molecule has 1 aliphatic heterocycles. The van der Waals surface area contributed by atoms with Gasteiger partial charge in [-0.05, 0) is 17.4 Å². The molecule has 1 fully saturated rings. The van der Waals surface area contributed by atoms with Gasteiger partial charge in [0, 0.05) is 0 Å². The molecule has 1 N–H and O–H groups in total. The molecular formula is C15H21FO3. The lowest BCUT2D eigenvalue weighted by Gasteiger charge is -2.41. The molecule has 0 aromatic heterocycles. The average molecular weight is 268 g/mol. The van der Waals surface area contributed by atoms with Gasteiger partial charge in [0.15, 0.2) is 6.29 Å². The minimum atomic E-state index is -1.06. The van der Waals surface area contributed by atoms with Crippen molar-refractivity contribution in [1.29, 1.82) is 0 Å². The maximum Gasteiger partial charge on any atom is 0.181 e. The number of rotatable bonds is 4. The van der Waals surface area contributed by atoms with Crippen molar-refractivity contribution in [3.8, 4) is 0 Å². The molecular weight excluding hydrogens is 247 g/mol. The quantitative estimate of drug-likeness (QED) is 0.912. The van der Waals surface area contributed by atoms with Crippen LogP contribution in [0.3, 0.4) is 0 Å². The highest BCUT2D eigenvalue weighted by atomic mass is 19.1. The number of halogens is 1. The summed E-state index contributed by atoms with van der Waals surface area (Å²) in [7, 11) is 0. The number of aliphatic hydroxyl groups is 1. The first-order valence-corrected chi connectivity index (χ1v) is 6.68. The summed E-state index contributed by atoms with van der Waals surface area (Å²) in [6.07, 6.45) is -2.02. The summed E-state index contributed by atoms with van der Waals surface area (Å²) in [5, 5.41) is 9.92. The molecule has 19 heavy (non-hydrogen) atoms. The van der Waals surface area contributed by atoms with Crippen molar-refractivity contribution >= 4 is 0 Å². The Morgan fingerprint density at radius 2 is 1.89 bits per heavy atom. The van der Waals surface area contributed by atoms with Gasteiger partial charge < -0.3 is 14.6 Å². The Morgan fingerprint density at radius 3 is 2.53 bits per heavy atom. The lowest BCUT2D eigenvalue weighted by molar-refractivity contribution is -0.266. The van der Waals surface area contributed by atoms with E-state index in [9.17, 15) is 9.50 Å². The summed E-state index contributed by atoms with van der Waals surface area (Å²) in [4.78, 5) is 0. The molecule has 106 valence electrons. The molecule has 1 aromatic rings. The van der Waals surface area contributed by atoms with Gasteiger partial charge in [0.1, 0.15) is 12.8 Å². The predicted molar refractivity (Wildman–Crippen MR) is 70.2 cm³/mol. The standard InChI is InChI=1S/C15H21FO3/c1-10-11(2)14(15(17)19-13(10)8-16)18-9-12-6-4-3-5-7-12/h3-7,10-11,13-15,17H,8-9H2,1-2H3/t10-,11-,13?,14?,15?/m0/s1. The maximum absolute atomic E-state index is 12.8. The van der Waals surface area contributed by atoms with Crippen molar-refractivity contribution in [3.63, 3.8) is 0 Å². The normalized spacial score (nSPS) is 35.3. The Kier molecular flexibility index (Phi) is 4.91. The number of ether oxygens (including phenoxy) is 2. The smallest absolute Gasteiger partial charge is 0.181 e. The van der Waals surface area contributed by atoms with Crippen LogP contribution in [0.5, 0.6) is 0 Å². The van der Waals surface area contributed by atoms with Crippen LogP contribution in [-0.2, 0) is 16.1 Å². The largest absolute Gasteiger partial charge is 0.368 e.